The molecule has 2 rings (SSSR count). The van der Waals surface area contributed by atoms with Crippen molar-refractivity contribution in [1.82, 2.24) is 0 Å². The molecular formula is C14H10BrFN2O3. The third kappa shape index (κ3) is 3.63. The highest BCUT2D eigenvalue weighted by molar-refractivity contribution is 9.10. The molecule has 0 heterocycles. The predicted molar refractivity (Wildman–Crippen MR) is 79.9 cm³/mol. The molecule has 0 unspecified atom stereocenters. The largest absolute Gasteiger partial charge is 0.319 e. The highest BCUT2D eigenvalue weighted by Gasteiger charge is 2.14. The average molecular weight is 353 g/mol. The summed E-state index contributed by atoms with van der Waals surface area (Å²) in [6.07, 6.45) is 0. The van der Waals surface area contributed by atoms with Gasteiger partial charge in [0, 0.05) is 16.1 Å². The van der Waals surface area contributed by atoms with E-state index in [-0.39, 0.29) is 11.4 Å². The number of benzene rings is 2. The Balaban J connectivity index is 2.25. The van der Waals surface area contributed by atoms with E-state index in [9.17, 15) is 19.3 Å². The van der Waals surface area contributed by atoms with Gasteiger partial charge in [-0.3, -0.25) is 14.9 Å². The van der Waals surface area contributed by atoms with E-state index >= 15 is 0 Å². The van der Waals surface area contributed by atoms with Crippen molar-refractivity contribution < 1.29 is 14.1 Å². The van der Waals surface area contributed by atoms with Gasteiger partial charge >= 0.3 is 0 Å². The van der Waals surface area contributed by atoms with Crippen LogP contribution in [0.1, 0.15) is 15.9 Å². The van der Waals surface area contributed by atoms with Crippen LogP contribution in [0.3, 0.4) is 0 Å². The molecule has 108 valence electrons. The van der Waals surface area contributed by atoms with E-state index in [1.807, 2.05) is 13.0 Å². The molecule has 0 bridgehead atoms. The maximum Gasteiger partial charge on any atom is 0.272 e. The van der Waals surface area contributed by atoms with Crippen molar-refractivity contribution in [2.24, 2.45) is 0 Å². The molecule has 1 amide bonds. The Morgan fingerprint density at radius 1 is 1.29 bits per heavy atom. The van der Waals surface area contributed by atoms with E-state index in [0.29, 0.717) is 5.56 Å². The lowest BCUT2D eigenvalue weighted by molar-refractivity contribution is -0.385. The topological polar surface area (TPSA) is 72.2 Å². The third-order valence-corrected chi connectivity index (χ3v) is 3.17. The van der Waals surface area contributed by atoms with Gasteiger partial charge in [0.15, 0.2) is 5.82 Å². The molecule has 0 spiro atoms. The van der Waals surface area contributed by atoms with Gasteiger partial charge in [-0.05, 0) is 36.8 Å². The SMILES string of the molecule is Cc1cc(Br)cc(C(=O)Nc2ccc([N+](=O)[O-])cc2F)c1. The molecule has 5 nitrogen and oxygen atoms in total. The average Bonchev–Trinajstić information content (AvgIpc) is 2.39. The van der Waals surface area contributed by atoms with Crippen molar-refractivity contribution in [2.75, 3.05) is 5.32 Å². The molecule has 0 aliphatic heterocycles. The molecule has 7 heteroatoms. The molecule has 1 N–H and O–H groups in total. The van der Waals surface area contributed by atoms with Gasteiger partial charge in [0.1, 0.15) is 0 Å². The zero-order chi connectivity index (χ0) is 15.6. The van der Waals surface area contributed by atoms with Crippen LogP contribution in [0.5, 0.6) is 0 Å². The fourth-order valence-electron chi connectivity index (χ4n) is 1.78. The summed E-state index contributed by atoms with van der Waals surface area (Å²) < 4.78 is 14.4. The minimum Gasteiger partial charge on any atom is -0.319 e. The van der Waals surface area contributed by atoms with Gasteiger partial charge in [-0.15, -0.1) is 0 Å². The maximum atomic E-state index is 13.7. The van der Waals surface area contributed by atoms with Crippen molar-refractivity contribution in [1.29, 1.82) is 0 Å². The number of nitrogens with zero attached hydrogens (tertiary/aromatic N) is 1. The number of aryl methyl sites for hydroxylation is 1. The summed E-state index contributed by atoms with van der Waals surface area (Å²) in [5.41, 5.74) is 0.755. The van der Waals surface area contributed by atoms with E-state index in [1.165, 1.54) is 0 Å². The first-order valence-electron chi connectivity index (χ1n) is 5.89. The van der Waals surface area contributed by atoms with Crippen LogP contribution in [0.2, 0.25) is 0 Å². The normalized spacial score (nSPS) is 10.2. The summed E-state index contributed by atoms with van der Waals surface area (Å²) in [7, 11) is 0. The molecule has 0 fully saturated rings. The Labute approximate surface area is 128 Å². The Bertz CT molecular complexity index is 714. The zero-order valence-electron chi connectivity index (χ0n) is 10.9. The molecule has 2 aromatic carbocycles. The monoisotopic (exact) mass is 352 g/mol. The van der Waals surface area contributed by atoms with Gasteiger partial charge in [0.25, 0.3) is 11.6 Å². The smallest absolute Gasteiger partial charge is 0.272 e. The van der Waals surface area contributed by atoms with Gasteiger partial charge in [-0.2, -0.15) is 0 Å². The van der Waals surface area contributed by atoms with Crippen LogP contribution in [0.4, 0.5) is 15.8 Å². The number of carbonyl (C=O) groups is 1. The second-order valence-electron chi connectivity index (χ2n) is 4.39. The molecule has 0 radical (unpaired) electrons. The Morgan fingerprint density at radius 2 is 2.00 bits per heavy atom. The molecular weight excluding hydrogens is 343 g/mol. The van der Waals surface area contributed by atoms with Crippen LogP contribution in [0.15, 0.2) is 40.9 Å². The third-order valence-electron chi connectivity index (χ3n) is 2.72. The van der Waals surface area contributed by atoms with E-state index in [1.54, 1.807) is 12.1 Å². The summed E-state index contributed by atoms with van der Waals surface area (Å²) in [5, 5.41) is 12.9. The van der Waals surface area contributed by atoms with Gasteiger partial charge in [-0.25, -0.2) is 4.39 Å². The molecule has 21 heavy (non-hydrogen) atoms. The summed E-state index contributed by atoms with van der Waals surface area (Å²) in [6, 6.07) is 8.15. The number of hydrogen-bond acceptors (Lipinski definition) is 3. The van der Waals surface area contributed by atoms with Crippen molar-refractivity contribution >= 4 is 33.2 Å². The van der Waals surface area contributed by atoms with Crippen molar-refractivity contribution in [3.05, 3.63) is 67.9 Å². The van der Waals surface area contributed by atoms with Crippen molar-refractivity contribution in [2.45, 2.75) is 6.92 Å². The number of amides is 1. The Hall–Kier alpha value is -2.28. The molecule has 0 saturated carbocycles. The lowest BCUT2D eigenvalue weighted by Crippen LogP contribution is -2.13. The number of halogens is 2. The van der Waals surface area contributed by atoms with Crippen molar-refractivity contribution in [3.8, 4) is 0 Å². The van der Waals surface area contributed by atoms with Crippen LogP contribution in [-0.2, 0) is 0 Å². The minimum absolute atomic E-state index is 0.108. The summed E-state index contributed by atoms with van der Waals surface area (Å²) in [6.45, 7) is 1.83. The maximum absolute atomic E-state index is 13.7. The fourth-order valence-corrected chi connectivity index (χ4v) is 2.39. The van der Waals surface area contributed by atoms with Crippen LogP contribution in [0, 0.1) is 22.9 Å². The summed E-state index contributed by atoms with van der Waals surface area (Å²) in [4.78, 5) is 21.9. The lowest BCUT2D eigenvalue weighted by Gasteiger charge is -2.07. The van der Waals surface area contributed by atoms with Gasteiger partial charge in [0.2, 0.25) is 0 Å². The highest BCUT2D eigenvalue weighted by atomic mass is 79.9. The molecule has 0 aliphatic carbocycles. The van der Waals surface area contributed by atoms with Crippen molar-refractivity contribution in [3.63, 3.8) is 0 Å². The quantitative estimate of drug-likeness (QED) is 0.668. The summed E-state index contributed by atoms with van der Waals surface area (Å²) >= 11 is 3.28. The van der Waals surface area contributed by atoms with Gasteiger partial charge < -0.3 is 5.32 Å². The molecule has 2 aromatic rings. The van der Waals surface area contributed by atoms with Crippen LogP contribution >= 0.6 is 15.9 Å². The fraction of sp³-hybridized carbons (Fsp3) is 0.0714. The minimum atomic E-state index is -0.857. The molecule has 0 aliphatic rings. The van der Waals surface area contributed by atoms with Gasteiger partial charge in [0.05, 0.1) is 16.7 Å². The first-order chi connectivity index (χ1) is 9.86. The number of non-ortho nitro benzene ring substituents is 1. The zero-order valence-corrected chi connectivity index (χ0v) is 12.5. The van der Waals surface area contributed by atoms with E-state index in [4.69, 9.17) is 0 Å². The second-order valence-corrected chi connectivity index (χ2v) is 5.31. The van der Waals surface area contributed by atoms with Crippen LogP contribution in [-0.4, -0.2) is 10.8 Å². The van der Waals surface area contributed by atoms with Gasteiger partial charge in [-0.1, -0.05) is 15.9 Å². The Morgan fingerprint density at radius 3 is 2.57 bits per heavy atom. The van der Waals surface area contributed by atoms with E-state index in [2.05, 4.69) is 21.2 Å². The summed E-state index contributed by atoms with van der Waals surface area (Å²) in [5.74, 6) is -1.35. The molecule has 0 saturated heterocycles. The molecule has 0 aromatic heterocycles. The van der Waals surface area contributed by atoms with E-state index < -0.39 is 16.6 Å². The predicted octanol–water partition coefficient (Wildman–Crippen LogP) is 4.06. The highest BCUT2D eigenvalue weighted by Crippen LogP contribution is 2.22. The standard InChI is InChI=1S/C14H10BrFN2O3/c1-8-4-9(6-10(15)5-8)14(19)17-13-3-2-11(18(20)21)7-12(13)16/h2-7H,1H3,(H,17,19). The lowest BCUT2D eigenvalue weighted by atomic mass is 10.1. The number of nitro benzene ring substituents is 1. The van der Waals surface area contributed by atoms with Crippen LogP contribution < -0.4 is 5.32 Å². The first-order valence-corrected chi connectivity index (χ1v) is 6.68. The number of nitro groups is 1. The number of nitrogens with one attached hydrogen (secondary N) is 1. The van der Waals surface area contributed by atoms with E-state index in [0.717, 1.165) is 28.2 Å². The first kappa shape index (κ1) is 15.1. The molecule has 0 atom stereocenters. The second kappa shape index (κ2) is 6.01. The number of carbonyl (C=O) groups excluding carboxylic acids is 1. The number of hydrogen-bond donors (Lipinski definition) is 1. The Kier molecular flexibility index (Phi) is 4.32. The number of rotatable bonds is 3. The van der Waals surface area contributed by atoms with Crippen LogP contribution in [0.25, 0.3) is 0 Å². The number of anilines is 1.